The van der Waals surface area contributed by atoms with Gasteiger partial charge in [0, 0.05) is 12.3 Å². The third-order valence-electron chi connectivity index (χ3n) is 3.87. The molecule has 0 heterocycles. The Hall–Kier alpha value is -0.380. The fourth-order valence-electron chi connectivity index (χ4n) is 3.10. The molecule has 0 aromatic rings. The highest BCUT2D eigenvalue weighted by molar-refractivity contribution is 5.09. The van der Waals surface area contributed by atoms with Gasteiger partial charge in [0.15, 0.2) is 0 Å². The van der Waals surface area contributed by atoms with E-state index >= 15 is 0 Å². The van der Waals surface area contributed by atoms with E-state index < -0.39 is 17.8 Å². The van der Waals surface area contributed by atoms with Crippen molar-refractivity contribution in [1.82, 2.24) is 0 Å². The van der Waals surface area contributed by atoms with E-state index in [2.05, 4.69) is 13.8 Å². The molecule has 4 unspecified atom stereocenters. The molecule has 0 bridgehead atoms. The van der Waals surface area contributed by atoms with Crippen molar-refractivity contribution in [2.24, 2.45) is 11.3 Å². The van der Waals surface area contributed by atoms with Crippen LogP contribution in [-0.2, 0) is 0 Å². The van der Waals surface area contributed by atoms with Crippen LogP contribution in [0.5, 0.6) is 0 Å². The van der Waals surface area contributed by atoms with Crippen LogP contribution in [0.3, 0.4) is 0 Å². The highest BCUT2D eigenvalue weighted by Gasteiger charge is 2.47. The molecule has 4 atom stereocenters. The summed E-state index contributed by atoms with van der Waals surface area (Å²) in [6, 6.07) is 0. The van der Waals surface area contributed by atoms with Crippen molar-refractivity contribution >= 4 is 0 Å². The molecular weight excluding hydrogens is 216 g/mol. The molecule has 1 saturated carbocycles. The molecule has 0 saturated heterocycles. The molecule has 0 aliphatic heterocycles. The van der Waals surface area contributed by atoms with Crippen LogP contribution in [0.25, 0.3) is 0 Å². The van der Waals surface area contributed by atoms with Gasteiger partial charge >= 0.3 is 0 Å². The second kappa shape index (κ2) is 5.09. The molecule has 0 aromatic heterocycles. The Balaban J connectivity index is 2.89. The molecule has 0 amide bonds. The smallest absolute Gasteiger partial charge is 0.0718 e. The van der Waals surface area contributed by atoms with Gasteiger partial charge in [-0.25, -0.2) is 0 Å². The van der Waals surface area contributed by atoms with Crippen LogP contribution >= 0.6 is 0 Å². The van der Waals surface area contributed by atoms with Crippen LogP contribution in [0.15, 0.2) is 12.2 Å². The molecule has 0 spiro atoms. The summed E-state index contributed by atoms with van der Waals surface area (Å²) in [5.41, 5.74) is -1.07. The Morgan fingerprint density at radius 1 is 1.29 bits per heavy atom. The van der Waals surface area contributed by atoms with Gasteiger partial charge < -0.3 is 15.3 Å². The van der Waals surface area contributed by atoms with Crippen molar-refractivity contribution in [3.05, 3.63) is 12.2 Å². The fourth-order valence-corrected chi connectivity index (χ4v) is 3.10. The van der Waals surface area contributed by atoms with Gasteiger partial charge in [-0.1, -0.05) is 32.9 Å². The maximum atomic E-state index is 10.4. The summed E-state index contributed by atoms with van der Waals surface area (Å²) in [7, 11) is 0. The lowest BCUT2D eigenvalue weighted by Crippen LogP contribution is -2.50. The molecular formula is C14H26O3. The number of hydrogen-bond donors (Lipinski definition) is 3. The zero-order valence-corrected chi connectivity index (χ0v) is 11.3. The minimum absolute atomic E-state index is 0.0420. The zero-order chi connectivity index (χ0) is 13.3. The molecule has 3 N–H and O–H groups in total. The van der Waals surface area contributed by atoms with Crippen LogP contribution < -0.4 is 0 Å². The van der Waals surface area contributed by atoms with Crippen molar-refractivity contribution in [2.75, 3.05) is 0 Å². The maximum absolute atomic E-state index is 10.4. The Bertz CT molecular complexity index is 263. The lowest BCUT2D eigenvalue weighted by molar-refractivity contribution is -0.111. The highest BCUT2D eigenvalue weighted by atomic mass is 16.3. The first-order chi connectivity index (χ1) is 7.69. The average Bonchev–Trinajstić information content (AvgIpc) is 2.12. The molecule has 0 radical (unpaired) electrons. The van der Waals surface area contributed by atoms with Crippen molar-refractivity contribution in [3.63, 3.8) is 0 Å². The quantitative estimate of drug-likeness (QED) is 0.662. The number of aliphatic hydroxyl groups excluding tert-OH is 2. The first-order valence-corrected chi connectivity index (χ1v) is 6.46. The first-order valence-electron chi connectivity index (χ1n) is 6.46. The SMILES string of the molecule is CCC(O)/C=C/C1C(C)(C)CC(O)CC1(C)O. The summed E-state index contributed by atoms with van der Waals surface area (Å²) in [6.07, 6.45) is 4.54. The predicted molar refractivity (Wildman–Crippen MR) is 68.6 cm³/mol. The van der Waals surface area contributed by atoms with Gasteiger partial charge in [0.25, 0.3) is 0 Å². The molecule has 1 rings (SSSR count). The molecule has 3 nitrogen and oxygen atoms in total. The largest absolute Gasteiger partial charge is 0.393 e. The van der Waals surface area contributed by atoms with Gasteiger partial charge in [-0.3, -0.25) is 0 Å². The Kier molecular flexibility index (Phi) is 4.39. The minimum atomic E-state index is -0.912. The Labute approximate surface area is 104 Å². The van der Waals surface area contributed by atoms with Crippen molar-refractivity contribution in [1.29, 1.82) is 0 Å². The molecule has 1 aliphatic carbocycles. The van der Waals surface area contributed by atoms with Gasteiger partial charge in [-0.15, -0.1) is 0 Å². The second-order valence-corrected chi connectivity index (χ2v) is 6.25. The minimum Gasteiger partial charge on any atom is -0.393 e. The number of aliphatic hydroxyl groups is 3. The summed E-state index contributed by atoms with van der Waals surface area (Å²) in [5, 5.41) is 29.8. The van der Waals surface area contributed by atoms with Gasteiger partial charge in [-0.05, 0) is 25.2 Å². The monoisotopic (exact) mass is 242 g/mol. The number of hydrogen-bond acceptors (Lipinski definition) is 3. The van der Waals surface area contributed by atoms with E-state index in [0.717, 1.165) is 0 Å². The zero-order valence-electron chi connectivity index (χ0n) is 11.3. The fraction of sp³-hybridized carbons (Fsp3) is 0.857. The van der Waals surface area contributed by atoms with E-state index in [9.17, 15) is 15.3 Å². The molecule has 1 fully saturated rings. The van der Waals surface area contributed by atoms with Gasteiger partial charge in [-0.2, -0.15) is 0 Å². The lowest BCUT2D eigenvalue weighted by Gasteiger charge is -2.48. The van der Waals surface area contributed by atoms with Gasteiger partial charge in [0.05, 0.1) is 17.8 Å². The summed E-state index contributed by atoms with van der Waals surface area (Å²) >= 11 is 0. The summed E-state index contributed by atoms with van der Waals surface area (Å²) < 4.78 is 0. The van der Waals surface area contributed by atoms with Crippen molar-refractivity contribution < 1.29 is 15.3 Å². The topological polar surface area (TPSA) is 60.7 Å². The van der Waals surface area contributed by atoms with E-state index in [-0.39, 0.29) is 11.3 Å². The normalized spacial score (nSPS) is 39.5. The van der Waals surface area contributed by atoms with E-state index in [1.54, 1.807) is 13.0 Å². The highest BCUT2D eigenvalue weighted by Crippen LogP contribution is 2.46. The van der Waals surface area contributed by atoms with Crippen molar-refractivity contribution in [3.8, 4) is 0 Å². The van der Waals surface area contributed by atoms with Crippen LogP contribution in [0.2, 0.25) is 0 Å². The maximum Gasteiger partial charge on any atom is 0.0718 e. The standard InChI is InChI=1S/C14H26O3/c1-5-10(15)6-7-12-13(2,3)8-11(16)9-14(12,4)17/h6-7,10-12,15-17H,5,8-9H2,1-4H3/b7-6+. The van der Waals surface area contributed by atoms with Crippen LogP contribution in [0.1, 0.15) is 47.0 Å². The van der Waals surface area contributed by atoms with Crippen LogP contribution in [0.4, 0.5) is 0 Å². The first kappa shape index (κ1) is 14.7. The molecule has 100 valence electrons. The van der Waals surface area contributed by atoms with Crippen molar-refractivity contribution in [2.45, 2.75) is 64.8 Å². The van der Waals surface area contributed by atoms with Crippen LogP contribution in [0, 0.1) is 11.3 Å². The second-order valence-electron chi connectivity index (χ2n) is 6.25. The van der Waals surface area contributed by atoms with Crippen LogP contribution in [-0.4, -0.2) is 33.1 Å². The molecule has 1 aliphatic rings. The van der Waals surface area contributed by atoms with Gasteiger partial charge in [0.2, 0.25) is 0 Å². The third kappa shape index (κ3) is 3.54. The van der Waals surface area contributed by atoms with Gasteiger partial charge in [0.1, 0.15) is 0 Å². The molecule has 0 aromatic carbocycles. The van der Waals surface area contributed by atoms with E-state index in [0.29, 0.717) is 19.3 Å². The third-order valence-corrected chi connectivity index (χ3v) is 3.87. The summed E-state index contributed by atoms with van der Waals surface area (Å²) in [6.45, 7) is 7.79. The van der Waals surface area contributed by atoms with E-state index in [4.69, 9.17) is 0 Å². The molecule has 17 heavy (non-hydrogen) atoms. The molecule has 3 heteroatoms. The number of rotatable bonds is 3. The van der Waals surface area contributed by atoms with E-state index in [1.807, 2.05) is 13.0 Å². The average molecular weight is 242 g/mol. The Morgan fingerprint density at radius 3 is 2.35 bits per heavy atom. The summed E-state index contributed by atoms with van der Waals surface area (Å²) in [5.74, 6) is -0.0420. The Morgan fingerprint density at radius 2 is 1.88 bits per heavy atom. The summed E-state index contributed by atoms with van der Waals surface area (Å²) in [4.78, 5) is 0. The predicted octanol–water partition coefficient (Wildman–Crippen LogP) is 1.86. The lowest BCUT2D eigenvalue weighted by atomic mass is 9.61. The van der Waals surface area contributed by atoms with E-state index in [1.165, 1.54) is 0 Å².